The molecule has 18 nitrogen and oxygen atoms in total. The van der Waals surface area contributed by atoms with E-state index in [2.05, 4.69) is 98.1 Å². The summed E-state index contributed by atoms with van der Waals surface area (Å²) in [6.07, 6.45) is 3.45. The highest BCUT2D eigenvalue weighted by Gasteiger charge is 2.34. The number of morpholine rings is 1. The summed E-state index contributed by atoms with van der Waals surface area (Å²) < 4.78 is 39.7. The number of ether oxygens (including phenoxy) is 7. The van der Waals surface area contributed by atoms with Gasteiger partial charge in [0.05, 0.1) is 76.2 Å². The number of H-pyrrole nitrogens is 3. The smallest absolute Gasteiger partial charge is 0.272 e. The first kappa shape index (κ1) is 66.4. The van der Waals surface area contributed by atoms with E-state index in [0.717, 1.165) is 135 Å². The molecule has 18 heteroatoms. The molecule has 4 fully saturated rings. The average molecular weight is 1320 g/mol. The second-order valence-corrected chi connectivity index (χ2v) is 25.9. The van der Waals surface area contributed by atoms with Crippen LogP contribution in [-0.4, -0.2) is 118 Å². The minimum atomic E-state index is -0.207. The fourth-order valence-electron chi connectivity index (χ4n) is 12.8. The van der Waals surface area contributed by atoms with E-state index in [1.807, 2.05) is 153 Å². The van der Waals surface area contributed by atoms with E-state index in [9.17, 15) is 25.4 Å². The molecule has 3 aromatic heterocycles. The molecule has 4 aliphatic heterocycles. The predicted molar refractivity (Wildman–Crippen MR) is 384 cm³/mol. The first-order valence-electron chi connectivity index (χ1n) is 33.7. The normalized spacial score (nSPS) is 15.3. The zero-order valence-corrected chi connectivity index (χ0v) is 55.6. The van der Waals surface area contributed by atoms with E-state index in [-0.39, 0.29) is 35.5 Å². The van der Waals surface area contributed by atoms with Crippen LogP contribution in [-0.2, 0) is 18.9 Å². The van der Waals surface area contributed by atoms with Crippen molar-refractivity contribution in [2.75, 3.05) is 82.8 Å². The first-order valence-corrected chi connectivity index (χ1v) is 33.7. The van der Waals surface area contributed by atoms with Crippen molar-refractivity contribution in [2.24, 2.45) is 5.41 Å². The highest BCUT2D eigenvalue weighted by molar-refractivity contribution is 6.08. The van der Waals surface area contributed by atoms with Gasteiger partial charge in [-0.3, -0.25) is 9.59 Å². The zero-order chi connectivity index (χ0) is 68.2. The highest BCUT2D eigenvalue weighted by atomic mass is 16.5. The number of aromatic nitrogens is 3. The van der Waals surface area contributed by atoms with Gasteiger partial charge in [-0.15, -0.1) is 0 Å². The van der Waals surface area contributed by atoms with Crippen LogP contribution in [0.25, 0.3) is 77.3 Å². The number of fused-ring (bicyclic) bond motifs is 3. The second kappa shape index (κ2) is 30.5. The maximum atomic E-state index is 12.8. The molecule has 4 saturated heterocycles. The summed E-state index contributed by atoms with van der Waals surface area (Å²) >= 11 is 0. The molecule has 0 saturated carbocycles. The molecule has 500 valence electrons. The minimum absolute atomic E-state index is 0.0267. The summed E-state index contributed by atoms with van der Waals surface area (Å²) in [5, 5.41) is 38.0. The lowest BCUT2D eigenvalue weighted by Gasteiger charge is -2.37. The fourth-order valence-corrected chi connectivity index (χ4v) is 12.8. The lowest BCUT2D eigenvalue weighted by Crippen LogP contribution is -2.44. The number of aromatic amines is 3. The number of hydrogen-bond donors (Lipinski definition) is 5. The number of amides is 2. The van der Waals surface area contributed by atoms with Crippen molar-refractivity contribution in [3.8, 4) is 80.1 Å². The highest BCUT2D eigenvalue weighted by Crippen LogP contribution is 2.39. The Morgan fingerprint density at radius 3 is 1.45 bits per heavy atom. The van der Waals surface area contributed by atoms with E-state index >= 15 is 0 Å². The lowest BCUT2D eigenvalue weighted by molar-refractivity contribution is -0.120. The van der Waals surface area contributed by atoms with Crippen molar-refractivity contribution >= 4 is 55.9 Å². The number of carbonyl (C=O) groups excluding carboxylic acids is 2. The van der Waals surface area contributed by atoms with Crippen molar-refractivity contribution < 1.29 is 42.7 Å². The van der Waals surface area contributed by atoms with Gasteiger partial charge in [-0.25, -0.2) is 0 Å². The molecule has 2 amide bonds. The third-order valence-corrected chi connectivity index (χ3v) is 18.1. The van der Waals surface area contributed by atoms with Crippen LogP contribution in [0.15, 0.2) is 182 Å². The number of para-hydroxylation sites is 1. The summed E-state index contributed by atoms with van der Waals surface area (Å²) in [7, 11) is 0. The van der Waals surface area contributed by atoms with Crippen LogP contribution in [0.3, 0.4) is 0 Å². The van der Waals surface area contributed by atoms with Gasteiger partial charge in [0.2, 0.25) is 0 Å². The summed E-state index contributed by atoms with van der Waals surface area (Å²) in [5.41, 5.74) is 15.3. The Labute approximate surface area is 575 Å². The quantitative estimate of drug-likeness (QED) is 0.0605. The summed E-state index contributed by atoms with van der Waals surface area (Å²) in [4.78, 5) is 37.5. The minimum Gasteiger partial charge on any atom is -0.491 e. The van der Waals surface area contributed by atoms with Crippen molar-refractivity contribution in [3.05, 3.63) is 210 Å². The van der Waals surface area contributed by atoms with Gasteiger partial charge in [0.1, 0.15) is 59.1 Å². The number of nitrogens with zero attached hydrogens (tertiary/aromatic N) is 4. The Balaban J connectivity index is 0.000000134. The second-order valence-electron chi connectivity index (χ2n) is 25.9. The van der Waals surface area contributed by atoms with Crippen LogP contribution in [0, 0.1) is 39.4 Å². The topological polar surface area (TPSA) is 245 Å². The maximum absolute atomic E-state index is 12.8. The van der Waals surface area contributed by atoms with E-state index in [0.29, 0.717) is 91.6 Å². The van der Waals surface area contributed by atoms with Gasteiger partial charge in [0.15, 0.2) is 0 Å². The molecule has 0 aliphatic carbocycles. The largest absolute Gasteiger partial charge is 0.491 e. The number of benzene rings is 8. The Morgan fingerprint density at radius 2 is 0.970 bits per heavy atom. The Kier molecular flexibility index (Phi) is 20.5. The summed E-state index contributed by atoms with van der Waals surface area (Å²) in [6, 6.07) is 66.1. The van der Waals surface area contributed by atoms with E-state index in [4.69, 9.17) is 33.2 Å². The van der Waals surface area contributed by atoms with Gasteiger partial charge in [-0.05, 0) is 150 Å². The number of anilines is 2. The molecule has 0 spiro atoms. The number of nitrogens with one attached hydrogen (secondary N) is 5. The molecule has 8 aromatic carbocycles. The van der Waals surface area contributed by atoms with Crippen LogP contribution in [0.4, 0.5) is 11.4 Å². The fraction of sp³-hybridized carbons (Fsp3) is 0.272. The molecule has 5 N–H and O–H groups in total. The molecular formula is C81H77N9O9. The zero-order valence-electron chi connectivity index (χ0n) is 55.6. The van der Waals surface area contributed by atoms with Crippen LogP contribution in [0.5, 0.6) is 17.2 Å². The Hall–Kier alpha value is -11.2. The van der Waals surface area contributed by atoms with Gasteiger partial charge in [0, 0.05) is 100 Å². The molecule has 7 heterocycles. The number of nitriles is 3. The molecule has 0 radical (unpaired) electrons. The molecule has 11 aromatic rings. The Bertz CT molecular complexity index is 4820. The van der Waals surface area contributed by atoms with E-state index in [1.165, 1.54) is 5.69 Å². The standard InChI is InChI=1S/C30H29N3O3.C27H23N3O3.C24H25N3O3/c1-30(18-35-19-30)20-36-29-10-7-22(15-23(29)17-31)25-3-2-4-27-26(25)16-28(32-27)21-5-8-24(9-6-21)33-11-13-34-14-12-33;28-17-19-15-18(9-10-26(19)33-21-11-13-32-14-12-21)22-7-4-8-24-23(22)16-25(30-24)27(31)29-20-5-2-1-3-6-20;1-15(2)26-24(28)22-13-20-19(4-3-5-21(20)27-22)16-6-7-23(17(12-16)14-25)30-18-8-10-29-11-9-18/h2-10,15-16,32H,11-14,18-20H2,1H3;1-10,15-16,21,30H,11-14H2,(H,29,31);3-7,12-13,15,18,27H,8-11H2,1-2H3,(H,26,28). The molecule has 0 bridgehead atoms. The molecule has 4 aliphatic rings. The Morgan fingerprint density at radius 1 is 0.515 bits per heavy atom. The van der Waals surface area contributed by atoms with Crippen molar-refractivity contribution in [2.45, 2.75) is 64.7 Å². The molecule has 0 unspecified atom stereocenters. The first-order chi connectivity index (χ1) is 48.4. The number of carbonyl (C=O) groups is 2. The van der Waals surface area contributed by atoms with Crippen LogP contribution >= 0.6 is 0 Å². The summed E-state index contributed by atoms with van der Waals surface area (Å²) in [6.45, 7) is 14.1. The summed E-state index contributed by atoms with van der Waals surface area (Å²) in [5.74, 6) is 1.48. The van der Waals surface area contributed by atoms with Crippen molar-refractivity contribution in [1.29, 1.82) is 15.8 Å². The van der Waals surface area contributed by atoms with Gasteiger partial charge in [0.25, 0.3) is 11.8 Å². The van der Waals surface area contributed by atoms with Crippen LogP contribution in [0.1, 0.15) is 84.1 Å². The van der Waals surface area contributed by atoms with Crippen molar-refractivity contribution in [1.82, 2.24) is 20.3 Å². The van der Waals surface area contributed by atoms with E-state index in [1.54, 1.807) is 0 Å². The van der Waals surface area contributed by atoms with Gasteiger partial charge >= 0.3 is 0 Å². The molecule has 15 rings (SSSR count). The van der Waals surface area contributed by atoms with E-state index < -0.39 is 0 Å². The third-order valence-electron chi connectivity index (χ3n) is 18.1. The van der Waals surface area contributed by atoms with Crippen molar-refractivity contribution in [3.63, 3.8) is 0 Å². The predicted octanol–water partition coefficient (Wildman–Crippen LogP) is 15.5. The average Bonchev–Trinajstić information content (AvgIpc) is 1.70. The SMILES string of the molecule is CC(C)NC(=O)c1cc2c(-c3ccc(OC4CCOCC4)c(C#N)c3)cccc2[nH]1.CC1(COc2ccc(-c3cccc4[nH]c(-c5ccc(N6CCOCC6)cc5)cc34)cc2C#N)COC1.N#Cc1cc(-c2cccc3[nH]c(C(=O)Nc4ccccc4)cc23)ccc1OC1CCOCC1. The van der Waals surface area contributed by atoms with Gasteiger partial charge < -0.3 is 63.6 Å². The third kappa shape index (κ3) is 15.6. The molecular weight excluding hydrogens is 1240 g/mol. The maximum Gasteiger partial charge on any atom is 0.272 e. The number of hydrogen-bond acceptors (Lipinski definition) is 13. The number of rotatable bonds is 16. The molecule has 99 heavy (non-hydrogen) atoms. The van der Waals surface area contributed by atoms with Gasteiger partial charge in [-0.1, -0.05) is 91.9 Å². The van der Waals surface area contributed by atoms with Gasteiger partial charge in [-0.2, -0.15) is 15.8 Å². The lowest BCUT2D eigenvalue weighted by atomic mass is 9.90. The van der Waals surface area contributed by atoms with Crippen LogP contribution < -0.4 is 29.7 Å². The molecule has 0 atom stereocenters. The monoisotopic (exact) mass is 1320 g/mol. The van der Waals surface area contributed by atoms with Crippen LogP contribution in [0.2, 0.25) is 0 Å².